The summed E-state index contributed by atoms with van der Waals surface area (Å²) >= 11 is 0. The Kier molecular flexibility index (Phi) is 4.43. The van der Waals surface area contributed by atoms with Gasteiger partial charge in [0, 0.05) is 13.1 Å². The molecule has 0 aliphatic carbocycles. The van der Waals surface area contributed by atoms with Gasteiger partial charge in [-0.2, -0.15) is 0 Å². The van der Waals surface area contributed by atoms with Gasteiger partial charge in [-0.25, -0.2) is 0 Å². The lowest BCUT2D eigenvalue weighted by molar-refractivity contribution is -0.132. The quantitative estimate of drug-likeness (QED) is 0.894. The minimum absolute atomic E-state index is 0.0543. The number of para-hydroxylation sites is 1. The number of amides is 1. The van der Waals surface area contributed by atoms with Crippen molar-refractivity contribution < 1.29 is 9.53 Å². The van der Waals surface area contributed by atoms with Gasteiger partial charge in [0.2, 0.25) is 0 Å². The van der Waals surface area contributed by atoms with Crippen LogP contribution in [-0.4, -0.2) is 37.0 Å². The molecule has 1 saturated heterocycles. The van der Waals surface area contributed by atoms with Crippen LogP contribution in [0, 0.1) is 19.8 Å². The smallest absolute Gasteiger partial charge is 0.260 e. The van der Waals surface area contributed by atoms with Crippen molar-refractivity contribution in [2.24, 2.45) is 11.7 Å². The van der Waals surface area contributed by atoms with E-state index in [0.717, 1.165) is 36.4 Å². The highest BCUT2D eigenvalue weighted by atomic mass is 16.5. The molecule has 0 aromatic heterocycles. The predicted octanol–water partition coefficient (Wildman–Crippen LogP) is 1.49. The van der Waals surface area contributed by atoms with Crippen LogP contribution in [0.1, 0.15) is 17.5 Å². The fourth-order valence-electron chi connectivity index (χ4n) is 2.50. The molecule has 1 aliphatic heterocycles. The van der Waals surface area contributed by atoms with Crippen LogP contribution in [0.2, 0.25) is 0 Å². The summed E-state index contributed by atoms with van der Waals surface area (Å²) in [5.74, 6) is 1.33. The summed E-state index contributed by atoms with van der Waals surface area (Å²) in [6.07, 6.45) is 1.01. The first-order chi connectivity index (χ1) is 9.11. The zero-order chi connectivity index (χ0) is 13.8. The van der Waals surface area contributed by atoms with E-state index in [1.807, 2.05) is 36.9 Å². The standard InChI is InChI=1S/C15H22N2O2/c1-11-4-3-5-12(2)15(11)19-10-14(18)17-7-6-13(8-16)9-17/h3-5,13H,6-10,16H2,1-2H3/t13-/m0/s1. The van der Waals surface area contributed by atoms with Crippen molar-refractivity contribution in [1.29, 1.82) is 0 Å². The lowest BCUT2D eigenvalue weighted by Crippen LogP contribution is -2.33. The number of hydrogen-bond acceptors (Lipinski definition) is 3. The highest BCUT2D eigenvalue weighted by Gasteiger charge is 2.25. The number of nitrogens with two attached hydrogens (primary N) is 1. The molecule has 4 nitrogen and oxygen atoms in total. The maximum absolute atomic E-state index is 12.1. The Morgan fingerprint density at radius 2 is 2.11 bits per heavy atom. The molecule has 4 heteroatoms. The van der Waals surface area contributed by atoms with E-state index in [9.17, 15) is 4.79 Å². The molecule has 1 aliphatic rings. The minimum Gasteiger partial charge on any atom is -0.483 e. The number of carbonyl (C=O) groups excluding carboxylic acids is 1. The summed E-state index contributed by atoms with van der Waals surface area (Å²) in [6.45, 7) is 6.33. The lowest BCUT2D eigenvalue weighted by Gasteiger charge is -2.18. The number of hydrogen-bond donors (Lipinski definition) is 1. The monoisotopic (exact) mass is 262 g/mol. The fraction of sp³-hybridized carbons (Fsp3) is 0.533. The van der Waals surface area contributed by atoms with Gasteiger partial charge in [0.1, 0.15) is 5.75 Å². The molecule has 0 unspecified atom stereocenters. The van der Waals surface area contributed by atoms with Gasteiger partial charge < -0.3 is 15.4 Å². The third-order valence-electron chi connectivity index (χ3n) is 3.72. The van der Waals surface area contributed by atoms with E-state index in [1.165, 1.54) is 0 Å². The molecule has 1 fully saturated rings. The molecule has 1 heterocycles. The average molecular weight is 262 g/mol. The van der Waals surface area contributed by atoms with Gasteiger partial charge in [-0.05, 0) is 43.9 Å². The Bertz CT molecular complexity index is 439. The average Bonchev–Trinajstić information content (AvgIpc) is 2.86. The molecule has 0 radical (unpaired) electrons. The summed E-state index contributed by atoms with van der Waals surface area (Å²) in [5, 5.41) is 0. The predicted molar refractivity (Wildman–Crippen MR) is 75.2 cm³/mol. The molecule has 0 saturated carbocycles. The molecule has 0 bridgehead atoms. The van der Waals surface area contributed by atoms with E-state index in [4.69, 9.17) is 10.5 Å². The second-order valence-corrected chi connectivity index (χ2v) is 5.24. The summed E-state index contributed by atoms with van der Waals surface area (Å²) in [5.41, 5.74) is 7.76. The molecular formula is C15H22N2O2. The number of aryl methyl sites for hydroxylation is 2. The van der Waals surface area contributed by atoms with Gasteiger partial charge in [0.15, 0.2) is 6.61 Å². The van der Waals surface area contributed by atoms with Gasteiger partial charge >= 0.3 is 0 Å². The second kappa shape index (κ2) is 6.06. The topological polar surface area (TPSA) is 55.6 Å². The Labute approximate surface area is 114 Å². The number of rotatable bonds is 4. The van der Waals surface area contributed by atoms with Crippen molar-refractivity contribution in [3.05, 3.63) is 29.3 Å². The fourth-order valence-corrected chi connectivity index (χ4v) is 2.50. The Hall–Kier alpha value is -1.55. The number of ether oxygens (including phenoxy) is 1. The Balaban J connectivity index is 1.90. The summed E-state index contributed by atoms with van der Waals surface area (Å²) < 4.78 is 5.69. The van der Waals surface area contributed by atoms with Gasteiger partial charge in [-0.1, -0.05) is 18.2 Å². The van der Waals surface area contributed by atoms with Gasteiger partial charge in [-0.15, -0.1) is 0 Å². The van der Waals surface area contributed by atoms with Crippen LogP contribution in [0.25, 0.3) is 0 Å². The molecular weight excluding hydrogens is 240 g/mol. The third-order valence-corrected chi connectivity index (χ3v) is 3.72. The second-order valence-electron chi connectivity index (χ2n) is 5.24. The van der Waals surface area contributed by atoms with E-state index in [1.54, 1.807) is 0 Å². The zero-order valence-corrected chi connectivity index (χ0v) is 11.7. The largest absolute Gasteiger partial charge is 0.483 e. The summed E-state index contributed by atoms with van der Waals surface area (Å²) in [6, 6.07) is 5.98. The molecule has 1 aromatic rings. The summed E-state index contributed by atoms with van der Waals surface area (Å²) in [4.78, 5) is 13.9. The molecule has 1 aromatic carbocycles. The van der Waals surface area contributed by atoms with Crippen LogP contribution in [-0.2, 0) is 4.79 Å². The number of benzene rings is 1. The molecule has 1 atom stereocenters. The maximum Gasteiger partial charge on any atom is 0.260 e. The Morgan fingerprint density at radius 1 is 1.42 bits per heavy atom. The van der Waals surface area contributed by atoms with Gasteiger partial charge in [0.25, 0.3) is 5.91 Å². The van der Waals surface area contributed by atoms with Crippen molar-refractivity contribution in [3.8, 4) is 5.75 Å². The molecule has 2 rings (SSSR count). The molecule has 2 N–H and O–H groups in total. The van der Waals surface area contributed by atoms with Crippen LogP contribution in [0.4, 0.5) is 0 Å². The van der Waals surface area contributed by atoms with Crippen LogP contribution in [0.15, 0.2) is 18.2 Å². The SMILES string of the molecule is Cc1cccc(C)c1OCC(=O)N1CC[C@@H](CN)C1. The third kappa shape index (κ3) is 3.26. The van der Waals surface area contributed by atoms with Crippen LogP contribution < -0.4 is 10.5 Å². The summed E-state index contributed by atoms with van der Waals surface area (Å²) in [7, 11) is 0. The van der Waals surface area contributed by atoms with Crippen LogP contribution in [0.5, 0.6) is 5.75 Å². The first kappa shape index (κ1) is 13.9. The van der Waals surface area contributed by atoms with E-state index in [2.05, 4.69) is 0 Å². The van der Waals surface area contributed by atoms with Crippen molar-refractivity contribution in [3.63, 3.8) is 0 Å². The lowest BCUT2D eigenvalue weighted by atomic mass is 10.1. The number of carbonyl (C=O) groups is 1. The molecule has 19 heavy (non-hydrogen) atoms. The van der Waals surface area contributed by atoms with Crippen LogP contribution >= 0.6 is 0 Å². The van der Waals surface area contributed by atoms with Crippen molar-refractivity contribution in [2.45, 2.75) is 20.3 Å². The normalized spacial score (nSPS) is 18.7. The first-order valence-electron chi connectivity index (χ1n) is 6.78. The zero-order valence-electron chi connectivity index (χ0n) is 11.7. The van der Waals surface area contributed by atoms with Crippen molar-refractivity contribution in [1.82, 2.24) is 4.90 Å². The number of nitrogens with zero attached hydrogens (tertiary/aromatic N) is 1. The van der Waals surface area contributed by atoms with Gasteiger partial charge in [-0.3, -0.25) is 4.79 Å². The van der Waals surface area contributed by atoms with Crippen molar-refractivity contribution >= 4 is 5.91 Å². The Morgan fingerprint density at radius 3 is 2.68 bits per heavy atom. The van der Waals surface area contributed by atoms with E-state index < -0.39 is 0 Å². The van der Waals surface area contributed by atoms with Crippen molar-refractivity contribution in [2.75, 3.05) is 26.2 Å². The maximum atomic E-state index is 12.1. The first-order valence-corrected chi connectivity index (χ1v) is 6.78. The molecule has 0 spiro atoms. The van der Waals surface area contributed by atoms with E-state index in [0.29, 0.717) is 12.5 Å². The molecule has 1 amide bonds. The highest BCUT2D eigenvalue weighted by Crippen LogP contribution is 2.22. The van der Waals surface area contributed by atoms with E-state index >= 15 is 0 Å². The van der Waals surface area contributed by atoms with E-state index in [-0.39, 0.29) is 12.5 Å². The van der Waals surface area contributed by atoms with Crippen LogP contribution in [0.3, 0.4) is 0 Å². The minimum atomic E-state index is 0.0543. The highest BCUT2D eigenvalue weighted by molar-refractivity contribution is 5.78. The number of likely N-dealkylation sites (tertiary alicyclic amines) is 1. The molecule has 104 valence electrons. The van der Waals surface area contributed by atoms with Gasteiger partial charge in [0.05, 0.1) is 0 Å².